The normalized spacial score (nSPS) is 0. The third kappa shape index (κ3) is 369. The summed E-state index contributed by atoms with van der Waals surface area (Å²) >= 11 is 0. The van der Waals surface area contributed by atoms with Crippen LogP contribution in [0.3, 0.4) is 0 Å². The van der Waals surface area contributed by atoms with Gasteiger partial charge in [-0.1, -0.05) is 0 Å². The minimum absolute atomic E-state index is 0. The fourth-order valence-electron chi connectivity index (χ4n) is 0. The smallest absolute Gasteiger partial charge is 0 e. The molecular weight excluding hydrogens is 4620 g/mol. The molecule has 0 N–H and O–H groups in total. The second-order valence-corrected chi connectivity index (χ2v) is 0. The zero-order valence-electron chi connectivity index (χ0n) is 30.0. The Hall–Kier alpha value is 57.4. The summed E-state index contributed by atoms with van der Waals surface area (Å²) in [6.45, 7) is 0. The van der Waals surface area contributed by atoms with Crippen molar-refractivity contribution in [3.05, 3.63) is 0 Å². The van der Waals surface area contributed by atoms with Crippen molar-refractivity contribution < 1.29 is 1700 Å². The van der Waals surface area contributed by atoms with Gasteiger partial charge in [0.1, 0.15) is 0 Å². The molecule has 0 aliphatic heterocycles. The zero-order chi connectivity index (χ0) is 0. The SMILES string of the molecule is [Y].[Y].[Y].[Y].[Y].[Y].[Y].[Y].[Y].[Y].[Y].[Y].[Y].[Y].[Y].[Y].[Y].[Y].[Y].[Y].[Y].[Y].[Y].[Y].[Y].[Y].[Y].[Y].[Y].[Y].[Y].[Y].[Y].[Y].[Y].[Y].[Y].[Y].[Y].[Y].[Y].[Y].[Y].[Y].[Y].[Y].[Y].[Y].[Y].[Y].[Y].[Y]. The summed E-state index contributed by atoms with van der Waals surface area (Å²) in [5.74, 6) is 0. The van der Waals surface area contributed by atoms with Crippen molar-refractivity contribution in [1.82, 2.24) is 0 Å². The molecule has 0 spiro atoms. The molecule has 0 saturated heterocycles. The molecule has 0 aliphatic carbocycles. The molecule has 0 aromatic carbocycles. The molecule has 0 rings (SSSR count). The summed E-state index contributed by atoms with van der Waals surface area (Å²) in [5.41, 5.74) is 0. The van der Waals surface area contributed by atoms with Crippen molar-refractivity contribution >= 4 is 0 Å². The topological polar surface area (TPSA) is 0 Å². The molecule has 52 heavy (non-hydrogen) atoms. The molecule has 0 saturated carbocycles. The van der Waals surface area contributed by atoms with Crippen molar-refractivity contribution in [3.8, 4) is 0 Å². The summed E-state index contributed by atoms with van der Waals surface area (Å²) in [6.07, 6.45) is 0. The van der Waals surface area contributed by atoms with Crippen LogP contribution in [-0.2, 0) is 1700 Å². The molecule has 0 bridgehead atoms. The molecule has 0 aromatic rings. The molecule has 0 unspecified atom stereocenters. The van der Waals surface area contributed by atoms with E-state index in [9.17, 15) is 0 Å². The largest absolute Gasteiger partial charge is 0 e. The van der Waals surface area contributed by atoms with Crippen LogP contribution in [0.4, 0.5) is 0 Å². The van der Waals surface area contributed by atoms with E-state index < -0.39 is 0 Å². The van der Waals surface area contributed by atoms with Crippen molar-refractivity contribution in [2.45, 2.75) is 0 Å². The van der Waals surface area contributed by atoms with E-state index >= 15 is 0 Å². The van der Waals surface area contributed by atoms with Gasteiger partial charge >= 0.3 is 0 Å². The standard InChI is InChI=1S/52Y. The molecule has 0 fully saturated rings. The van der Waals surface area contributed by atoms with Gasteiger partial charge in [0.25, 0.3) is 0 Å². The Bertz CT molecular complexity index is 0. The Morgan fingerprint density at radius 1 is 0.0192 bits per heavy atom. The average molecular weight is 4620 g/mol. The summed E-state index contributed by atoms with van der Waals surface area (Å²) < 4.78 is 0. The summed E-state index contributed by atoms with van der Waals surface area (Å²) in [5, 5.41) is 0. The fraction of sp³-hybridized carbons (Fsp3) is 0. The molecule has 52 radical (unpaired) electrons. The predicted octanol–water partition coefficient (Wildman–Crippen LogP) is -0.130. The second-order valence-electron chi connectivity index (χ2n) is 0. The van der Waals surface area contributed by atoms with Crippen molar-refractivity contribution in [2.24, 2.45) is 0 Å². The Morgan fingerprint density at radius 3 is 0.0192 bits per heavy atom. The molecule has 0 nitrogen and oxygen atoms in total. The minimum atomic E-state index is 0. The van der Waals surface area contributed by atoms with E-state index in [1.807, 2.05) is 0 Å². The van der Waals surface area contributed by atoms with Crippen LogP contribution in [0.25, 0.3) is 0 Å². The van der Waals surface area contributed by atoms with Crippen molar-refractivity contribution in [3.63, 3.8) is 0 Å². The van der Waals surface area contributed by atoms with Gasteiger partial charge in [-0.2, -0.15) is 0 Å². The molecule has 0 aromatic heterocycles. The Balaban J connectivity index is 0. The van der Waals surface area contributed by atoms with E-state index in [1.165, 1.54) is 0 Å². The monoisotopic (exact) mass is 4620 g/mol. The second kappa shape index (κ2) is 379. The van der Waals surface area contributed by atoms with Crippen LogP contribution >= 0.6 is 0 Å². The van der Waals surface area contributed by atoms with E-state index in [2.05, 4.69) is 0 Å². The zero-order valence-corrected chi connectivity index (χ0v) is 178. The van der Waals surface area contributed by atoms with Crippen LogP contribution < -0.4 is 0 Å². The molecule has 0 amide bonds. The summed E-state index contributed by atoms with van der Waals surface area (Å²) in [4.78, 5) is 0. The van der Waals surface area contributed by atoms with E-state index in [0.29, 0.717) is 0 Å². The van der Waals surface area contributed by atoms with Gasteiger partial charge in [-0.25, -0.2) is 0 Å². The van der Waals surface area contributed by atoms with Crippen LogP contribution in [0.5, 0.6) is 0 Å². The van der Waals surface area contributed by atoms with Crippen LogP contribution in [0.1, 0.15) is 0 Å². The Morgan fingerprint density at radius 2 is 0.0192 bits per heavy atom. The van der Waals surface area contributed by atoms with Gasteiger partial charge in [0.05, 0.1) is 0 Å². The first kappa shape index (κ1) is 390. The predicted molar refractivity (Wildman–Crippen MR) is 0 cm³/mol. The third-order valence-electron chi connectivity index (χ3n) is 0. The van der Waals surface area contributed by atoms with Crippen LogP contribution in [0.15, 0.2) is 0 Å². The molecule has 0 aliphatic rings. The van der Waals surface area contributed by atoms with Gasteiger partial charge in [-0.05, 0) is 0 Å². The van der Waals surface area contributed by atoms with Crippen LogP contribution in [0.2, 0.25) is 0 Å². The van der Waals surface area contributed by atoms with Gasteiger partial charge in [0.15, 0.2) is 0 Å². The third-order valence-corrected chi connectivity index (χ3v) is 0. The van der Waals surface area contributed by atoms with E-state index in [0.717, 1.165) is 0 Å². The number of hydrogen-bond acceptors (Lipinski definition) is 0. The van der Waals surface area contributed by atoms with Gasteiger partial charge in [0.2, 0.25) is 0 Å². The maximum Gasteiger partial charge on any atom is 0 e. The Kier molecular flexibility index (Phi) is 2850. The molecular formula is Y52. The average Bonchev–Trinajstić information content (AvgIpc) is 0. The van der Waals surface area contributed by atoms with Crippen LogP contribution in [-0.4, -0.2) is 0 Å². The van der Waals surface area contributed by atoms with E-state index in [1.54, 1.807) is 0 Å². The molecule has 156 valence electrons. The van der Waals surface area contributed by atoms with E-state index in [-0.39, 0.29) is 1700 Å². The van der Waals surface area contributed by atoms with Gasteiger partial charge in [0, 0.05) is 1700 Å². The maximum atomic E-state index is 0. The molecule has 52 heteroatoms. The molecule has 0 heterocycles. The quantitative estimate of drug-likeness (QED) is 0.318. The first-order valence-corrected chi connectivity index (χ1v) is 0. The van der Waals surface area contributed by atoms with Crippen molar-refractivity contribution in [1.29, 1.82) is 0 Å². The minimum Gasteiger partial charge on any atom is 0 e. The Labute approximate surface area is 1630 Å². The van der Waals surface area contributed by atoms with Gasteiger partial charge in [-0.15, -0.1) is 0 Å². The maximum absolute atomic E-state index is 0. The number of hydrogen-bond donors (Lipinski definition) is 0. The first-order valence-electron chi connectivity index (χ1n) is 0. The van der Waals surface area contributed by atoms with Crippen molar-refractivity contribution in [2.75, 3.05) is 0 Å². The molecule has 0 atom stereocenters. The van der Waals surface area contributed by atoms with Gasteiger partial charge < -0.3 is 0 Å². The van der Waals surface area contributed by atoms with E-state index in [4.69, 9.17) is 0 Å². The summed E-state index contributed by atoms with van der Waals surface area (Å²) in [6, 6.07) is 0. The fourth-order valence-corrected chi connectivity index (χ4v) is 0. The van der Waals surface area contributed by atoms with Gasteiger partial charge in [-0.3, -0.25) is 0 Å². The number of rotatable bonds is 0. The first-order chi connectivity index (χ1) is 0. The summed E-state index contributed by atoms with van der Waals surface area (Å²) in [7, 11) is 0. The van der Waals surface area contributed by atoms with Crippen LogP contribution in [0, 0.1) is 0 Å².